The van der Waals surface area contributed by atoms with E-state index in [2.05, 4.69) is 72.2 Å². The molecule has 1 aliphatic heterocycles. The lowest BCUT2D eigenvalue weighted by Gasteiger charge is -2.35. The third-order valence-electron chi connectivity index (χ3n) is 5.63. The molecule has 0 unspecified atom stereocenters. The predicted octanol–water partition coefficient (Wildman–Crippen LogP) is 5.04. The minimum Gasteiger partial charge on any atom is -0.353 e. The molecule has 28 heavy (non-hydrogen) atoms. The van der Waals surface area contributed by atoms with Crippen molar-refractivity contribution in [1.29, 1.82) is 0 Å². The van der Waals surface area contributed by atoms with Crippen LogP contribution in [0.5, 0.6) is 0 Å². The highest BCUT2D eigenvalue weighted by Gasteiger charge is 2.21. The number of nitrogens with zero attached hydrogens (tertiary/aromatic N) is 4. The number of rotatable bonds is 3. The number of anilines is 2. The first kappa shape index (κ1) is 17.4. The molecule has 1 saturated heterocycles. The summed E-state index contributed by atoms with van der Waals surface area (Å²) in [6, 6.07) is 17.3. The van der Waals surface area contributed by atoms with Crippen molar-refractivity contribution in [1.82, 2.24) is 9.97 Å². The van der Waals surface area contributed by atoms with E-state index >= 15 is 0 Å². The SMILES string of the molecule is CCc1ccc2nc(N3CCN(c4cc(C)c5ccccc5n4)CC3)sc2c1. The number of para-hydroxylation sites is 1. The molecule has 142 valence electrons. The average molecular weight is 389 g/mol. The highest BCUT2D eigenvalue weighted by molar-refractivity contribution is 7.22. The summed E-state index contributed by atoms with van der Waals surface area (Å²) in [6.07, 6.45) is 1.07. The molecule has 4 nitrogen and oxygen atoms in total. The van der Waals surface area contributed by atoms with Crippen LogP contribution in [0.2, 0.25) is 0 Å². The van der Waals surface area contributed by atoms with Crippen LogP contribution in [0, 0.1) is 6.92 Å². The summed E-state index contributed by atoms with van der Waals surface area (Å²) < 4.78 is 1.30. The second-order valence-electron chi connectivity index (χ2n) is 7.44. The van der Waals surface area contributed by atoms with E-state index in [0.717, 1.165) is 54.6 Å². The highest BCUT2D eigenvalue weighted by atomic mass is 32.1. The van der Waals surface area contributed by atoms with Gasteiger partial charge in [0.25, 0.3) is 0 Å². The van der Waals surface area contributed by atoms with Gasteiger partial charge in [-0.15, -0.1) is 0 Å². The Bertz CT molecular complexity index is 1140. The average Bonchev–Trinajstić information content (AvgIpc) is 3.17. The monoisotopic (exact) mass is 388 g/mol. The number of hydrogen-bond acceptors (Lipinski definition) is 5. The largest absolute Gasteiger partial charge is 0.353 e. The van der Waals surface area contributed by atoms with E-state index in [0.29, 0.717) is 0 Å². The number of piperazine rings is 1. The molecule has 5 heteroatoms. The van der Waals surface area contributed by atoms with E-state index in [1.807, 2.05) is 11.3 Å². The van der Waals surface area contributed by atoms with Crippen molar-refractivity contribution < 1.29 is 0 Å². The molecule has 4 aromatic rings. The van der Waals surface area contributed by atoms with E-state index in [9.17, 15) is 0 Å². The van der Waals surface area contributed by atoms with Crippen LogP contribution in [0.25, 0.3) is 21.1 Å². The summed E-state index contributed by atoms with van der Waals surface area (Å²) in [5.41, 5.74) is 4.87. The molecule has 0 radical (unpaired) electrons. The molecule has 0 bridgehead atoms. The fourth-order valence-corrected chi connectivity index (χ4v) is 5.01. The second-order valence-corrected chi connectivity index (χ2v) is 8.45. The zero-order valence-corrected chi connectivity index (χ0v) is 17.2. The van der Waals surface area contributed by atoms with Gasteiger partial charge in [0, 0.05) is 31.6 Å². The van der Waals surface area contributed by atoms with Crippen LogP contribution in [-0.2, 0) is 6.42 Å². The molecule has 0 saturated carbocycles. The van der Waals surface area contributed by atoms with Gasteiger partial charge in [0.1, 0.15) is 5.82 Å². The normalized spacial score (nSPS) is 14.9. The van der Waals surface area contributed by atoms with Gasteiger partial charge in [-0.2, -0.15) is 0 Å². The third-order valence-corrected chi connectivity index (χ3v) is 6.71. The Hall–Kier alpha value is -2.66. The van der Waals surface area contributed by atoms with Gasteiger partial charge in [-0.05, 0) is 48.7 Å². The first-order chi connectivity index (χ1) is 13.7. The van der Waals surface area contributed by atoms with Gasteiger partial charge < -0.3 is 9.80 Å². The molecule has 0 amide bonds. The van der Waals surface area contributed by atoms with Crippen LogP contribution in [0.4, 0.5) is 10.9 Å². The molecule has 3 heterocycles. The maximum atomic E-state index is 4.91. The Morgan fingerprint density at radius 1 is 0.893 bits per heavy atom. The van der Waals surface area contributed by atoms with Crippen molar-refractivity contribution in [3.63, 3.8) is 0 Å². The van der Waals surface area contributed by atoms with Crippen LogP contribution < -0.4 is 9.80 Å². The van der Waals surface area contributed by atoms with E-state index in [1.165, 1.54) is 21.2 Å². The maximum Gasteiger partial charge on any atom is 0.186 e. The molecular formula is C23H24N4S. The quantitative estimate of drug-likeness (QED) is 0.492. The predicted molar refractivity (Wildman–Crippen MR) is 120 cm³/mol. The fraction of sp³-hybridized carbons (Fsp3) is 0.304. The first-order valence-electron chi connectivity index (χ1n) is 9.97. The summed E-state index contributed by atoms with van der Waals surface area (Å²) in [4.78, 5) is 14.6. The van der Waals surface area contributed by atoms with Gasteiger partial charge in [-0.1, -0.05) is 42.5 Å². The summed E-state index contributed by atoms with van der Waals surface area (Å²) in [5.74, 6) is 1.09. The molecule has 0 N–H and O–H groups in total. The Kier molecular flexibility index (Phi) is 4.40. The Labute approximate surface area is 169 Å². The van der Waals surface area contributed by atoms with Crippen LogP contribution >= 0.6 is 11.3 Å². The molecule has 2 aromatic carbocycles. The smallest absolute Gasteiger partial charge is 0.186 e. The minimum absolute atomic E-state index is 0.973. The van der Waals surface area contributed by atoms with Crippen molar-refractivity contribution in [3.05, 3.63) is 59.7 Å². The molecule has 2 aromatic heterocycles. The molecule has 1 aliphatic rings. The number of thiazole rings is 1. The van der Waals surface area contributed by atoms with Crippen LogP contribution in [0.3, 0.4) is 0 Å². The van der Waals surface area contributed by atoms with E-state index in [1.54, 1.807) is 0 Å². The molecule has 0 atom stereocenters. The Morgan fingerprint density at radius 2 is 1.68 bits per heavy atom. The van der Waals surface area contributed by atoms with Gasteiger partial charge in [0.05, 0.1) is 15.7 Å². The fourth-order valence-electron chi connectivity index (χ4n) is 3.93. The Morgan fingerprint density at radius 3 is 2.50 bits per heavy atom. The number of benzene rings is 2. The van der Waals surface area contributed by atoms with Crippen molar-refractivity contribution in [3.8, 4) is 0 Å². The minimum atomic E-state index is 0.973. The molecule has 0 spiro atoms. The van der Waals surface area contributed by atoms with E-state index < -0.39 is 0 Å². The van der Waals surface area contributed by atoms with Crippen molar-refractivity contribution in [2.45, 2.75) is 20.3 Å². The lowest BCUT2D eigenvalue weighted by molar-refractivity contribution is 0.647. The molecule has 0 aliphatic carbocycles. The van der Waals surface area contributed by atoms with Gasteiger partial charge in [-0.3, -0.25) is 0 Å². The van der Waals surface area contributed by atoms with Gasteiger partial charge in [-0.25, -0.2) is 9.97 Å². The van der Waals surface area contributed by atoms with E-state index in [4.69, 9.17) is 9.97 Å². The number of pyridine rings is 1. The van der Waals surface area contributed by atoms with Crippen molar-refractivity contribution in [2.75, 3.05) is 36.0 Å². The van der Waals surface area contributed by atoms with Crippen LogP contribution in [0.15, 0.2) is 48.5 Å². The summed E-state index contributed by atoms with van der Waals surface area (Å²) in [7, 11) is 0. The Balaban J connectivity index is 1.35. The first-order valence-corrected chi connectivity index (χ1v) is 10.8. The third kappa shape index (κ3) is 3.10. The van der Waals surface area contributed by atoms with Crippen molar-refractivity contribution in [2.24, 2.45) is 0 Å². The second kappa shape index (κ2) is 7.06. The number of aromatic nitrogens is 2. The van der Waals surface area contributed by atoms with E-state index in [-0.39, 0.29) is 0 Å². The summed E-state index contributed by atoms with van der Waals surface area (Å²) in [5, 5.41) is 2.39. The molecule has 5 rings (SSSR count). The topological polar surface area (TPSA) is 32.3 Å². The zero-order chi connectivity index (χ0) is 19.1. The van der Waals surface area contributed by atoms with Gasteiger partial charge in [0.15, 0.2) is 5.13 Å². The lowest BCUT2D eigenvalue weighted by atomic mass is 10.1. The maximum absolute atomic E-state index is 4.91. The van der Waals surface area contributed by atoms with Crippen molar-refractivity contribution >= 4 is 43.4 Å². The molecule has 1 fully saturated rings. The summed E-state index contributed by atoms with van der Waals surface area (Å²) in [6.45, 7) is 8.28. The number of hydrogen-bond donors (Lipinski definition) is 0. The number of fused-ring (bicyclic) bond motifs is 2. The highest BCUT2D eigenvalue weighted by Crippen LogP contribution is 2.31. The molecular weight excluding hydrogens is 364 g/mol. The lowest BCUT2D eigenvalue weighted by Crippen LogP contribution is -2.46. The summed E-state index contributed by atoms with van der Waals surface area (Å²) >= 11 is 1.82. The van der Waals surface area contributed by atoms with Crippen LogP contribution in [-0.4, -0.2) is 36.1 Å². The van der Waals surface area contributed by atoms with Gasteiger partial charge in [0.2, 0.25) is 0 Å². The zero-order valence-electron chi connectivity index (χ0n) is 16.4. The van der Waals surface area contributed by atoms with Gasteiger partial charge >= 0.3 is 0 Å². The van der Waals surface area contributed by atoms with Crippen LogP contribution in [0.1, 0.15) is 18.1 Å². The number of aryl methyl sites for hydroxylation is 2. The standard InChI is InChI=1S/C23H24N4S/c1-3-17-8-9-20-21(15-17)28-23(25-20)27-12-10-26(11-13-27)22-14-16(2)18-6-4-5-7-19(18)24-22/h4-9,14-15H,3,10-13H2,1-2H3.